The third-order valence-electron chi connectivity index (χ3n) is 14.8. The Bertz CT molecular complexity index is 2770. The zero-order valence-corrected chi connectivity index (χ0v) is 45.3. The van der Waals surface area contributed by atoms with E-state index in [1.165, 1.54) is 54.2 Å². The second-order valence-electron chi connectivity index (χ2n) is 20.6. The lowest BCUT2D eigenvalue weighted by Crippen LogP contribution is -2.50. The van der Waals surface area contributed by atoms with Crippen molar-refractivity contribution >= 4 is 43.8 Å². The molecule has 0 spiro atoms. The zero-order chi connectivity index (χ0) is 54.0. The summed E-state index contributed by atoms with van der Waals surface area (Å²) >= 11 is 0. The van der Waals surface area contributed by atoms with Crippen LogP contribution in [-0.4, -0.2) is 87.6 Å². The monoisotopic (exact) mass is 1110 g/mol. The minimum Gasteiger partial charge on any atom is -0.748 e. The predicted octanol–water partition coefficient (Wildman–Crippen LogP) is 12.2. The average Bonchev–Trinajstić information content (AvgIpc) is 4.09. The molecule has 13 rings (SSSR count). The molecule has 0 aromatic heterocycles. The Labute approximate surface area is 455 Å². The summed E-state index contributed by atoms with van der Waals surface area (Å²) in [6.07, 6.45) is 1.79. The van der Waals surface area contributed by atoms with E-state index in [0.717, 1.165) is 25.7 Å². The van der Waals surface area contributed by atoms with Gasteiger partial charge >= 0.3 is 18.1 Å². The van der Waals surface area contributed by atoms with Crippen LogP contribution in [0.5, 0.6) is 0 Å². The van der Waals surface area contributed by atoms with E-state index < -0.39 is 40.7 Å². The number of hydrogen-bond acceptors (Lipinski definition) is 9. The van der Waals surface area contributed by atoms with E-state index in [0.29, 0.717) is 30.3 Å². The summed E-state index contributed by atoms with van der Waals surface area (Å²) in [6.45, 7) is 1.45. The second kappa shape index (κ2) is 25.6. The van der Waals surface area contributed by atoms with Crippen LogP contribution in [0.3, 0.4) is 0 Å². The highest BCUT2D eigenvalue weighted by molar-refractivity contribution is 7.97. The molecule has 5 atom stereocenters. The molecule has 6 aromatic carbocycles. The largest absolute Gasteiger partial charge is 0.748 e. The SMILES string of the molecule is Cc1ccc([S+](c2ccccc2)c2ccccc2)cc1.O=C(CS(=O)(=O)[O-])OC1C2CC3COC1C3O2.O=C(OCC[N-]CC(F)(F)F)C12CC3CC(CC(C3)C1)C2.c1ccc([S+](c2ccccc2)c2ccccc2)cc1. The fourth-order valence-corrected chi connectivity index (χ4v) is 16.6. The Morgan fingerprint density at radius 2 is 1.05 bits per heavy atom. The lowest BCUT2D eigenvalue weighted by Gasteiger charge is -2.55. The maximum absolute atomic E-state index is 12.4. The van der Waals surface area contributed by atoms with Gasteiger partial charge in [-0.1, -0.05) is 115 Å². The number of halogens is 3. The highest BCUT2D eigenvalue weighted by Gasteiger charge is 2.60. The van der Waals surface area contributed by atoms with Gasteiger partial charge in [-0.05, 0) is 142 Å². The zero-order valence-electron chi connectivity index (χ0n) is 42.8. The number of carbonyl (C=O) groups excluding carboxylic acids is 2. The van der Waals surface area contributed by atoms with E-state index in [4.69, 9.17) is 18.9 Å². The number of hydrogen-bond donors (Lipinski definition) is 0. The van der Waals surface area contributed by atoms with Gasteiger partial charge < -0.3 is 28.8 Å². The molecule has 4 saturated carbocycles. The molecule has 7 fully saturated rings. The molecule has 3 heterocycles. The summed E-state index contributed by atoms with van der Waals surface area (Å²) in [7, 11) is -4.64. The predicted molar refractivity (Wildman–Crippen MR) is 289 cm³/mol. The lowest BCUT2D eigenvalue weighted by molar-refractivity contribution is -0.171. The number of aryl methyl sites for hydroxylation is 1. The van der Waals surface area contributed by atoms with Crippen LogP contribution in [0.2, 0.25) is 0 Å². The van der Waals surface area contributed by atoms with Crippen LogP contribution in [0.4, 0.5) is 13.2 Å². The number of nitrogens with zero attached hydrogens (tertiary/aromatic N) is 1. The van der Waals surface area contributed by atoms with Gasteiger partial charge in [-0.2, -0.15) is 13.2 Å². The highest BCUT2D eigenvalue weighted by atomic mass is 32.2. The molecule has 3 aliphatic heterocycles. The van der Waals surface area contributed by atoms with Gasteiger partial charge in [0.2, 0.25) is 0 Å². The van der Waals surface area contributed by atoms with Crippen LogP contribution in [-0.2, 0) is 60.4 Å². The molecule has 0 radical (unpaired) electrons. The summed E-state index contributed by atoms with van der Waals surface area (Å²) in [5, 5.41) is 3.36. The maximum Gasteiger partial charge on any atom is 0.371 e. The fraction of sp³-hybridized carbons (Fsp3) is 0.377. The molecular weight excluding hydrogens is 1040 g/mol. The Balaban J connectivity index is 0.000000125. The van der Waals surface area contributed by atoms with Crippen LogP contribution in [0.15, 0.2) is 205 Å². The number of fused-ring (bicyclic) bond motifs is 1. The topological polar surface area (TPSA) is 142 Å². The van der Waals surface area contributed by atoms with Crippen molar-refractivity contribution in [2.24, 2.45) is 29.1 Å². The van der Waals surface area contributed by atoms with Crippen LogP contribution in [0, 0.1) is 36.0 Å². The van der Waals surface area contributed by atoms with E-state index in [1.807, 2.05) is 0 Å². The third kappa shape index (κ3) is 15.0. The molecule has 5 unspecified atom stereocenters. The van der Waals surface area contributed by atoms with Crippen molar-refractivity contribution in [2.75, 3.05) is 32.1 Å². The molecule has 3 saturated heterocycles. The second-order valence-corrected chi connectivity index (χ2v) is 26.1. The summed E-state index contributed by atoms with van der Waals surface area (Å²) in [4.78, 5) is 31.8. The molecule has 6 aromatic rings. The summed E-state index contributed by atoms with van der Waals surface area (Å²) < 4.78 is 88.3. The van der Waals surface area contributed by atoms with Gasteiger partial charge in [-0.25, -0.2) is 8.42 Å². The fourth-order valence-electron chi connectivity index (χ4n) is 12.0. The molecule has 16 heteroatoms. The molecule has 406 valence electrons. The molecule has 0 N–H and O–H groups in total. The van der Waals surface area contributed by atoms with Gasteiger partial charge in [0.15, 0.2) is 35.5 Å². The first-order valence-corrected chi connectivity index (χ1v) is 30.2. The molecule has 6 bridgehead atoms. The summed E-state index contributed by atoms with van der Waals surface area (Å²) in [5.74, 6) is -0.0619. The number of benzene rings is 6. The third-order valence-corrected chi connectivity index (χ3v) is 19.9. The van der Waals surface area contributed by atoms with Crippen molar-refractivity contribution in [3.8, 4) is 0 Å². The first kappa shape index (κ1) is 56.3. The van der Waals surface area contributed by atoms with Crippen molar-refractivity contribution in [3.63, 3.8) is 0 Å². The van der Waals surface area contributed by atoms with E-state index >= 15 is 0 Å². The van der Waals surface area contributed by atoms with Crippen LogP contribution in [0.1, 0.15) is 50.5 Å². The van der Waals surface area contributed by atoms with E-state index in [9.17, 15) is 35.7 Å². The number of alkyl halides is 3. The molecule has 7 aliphatic rings. The van der Waals surface area contributed by atoms with Gasteiger partial charge in [0, 0.05) is 5.92 Å². The molecule has 10 nitrogen and oxygen atoms in total. The molecule has 77 heavy (non-hydrogen) atoms. The van der Waals surface area contributed by atoms with Crippen LogP contribution >= 0.6 is 0 Å². The van der Waals surface area contributed by atoms with Crippen molar-refractivity contribution in [3.05, 3.63) is 187 Å². The molecular formula is C61H64F3NO9S3. The number of esters is 2. The van der Waals surface area contributed by atoms with E-state index in [2.05, 4.69) is 188 Å². The van der Waals surface area contributed by atoms with Crippen molar-refractivity contribution in [1.29, 1.82) is 0 Å². The van der Waals surface area contributed by atoms with Crippen molar-refractivity contribution in [2.45, 2.75) is 112 Å². The Morgan fingerprint density at radius 1 is 0.636 bits per heavy atom. The Hall–Kier alpha value is -5.46. The first-order chi connectivity index (χ1) is 37.1. The van der Waals surface area contributed by atoms with E-state index in [-0.39, 0.29) is 64.6 Å². The number of carbonyl (C=O) groups is 2. The summed E-state index contributed by atoms with van der Waals surface area (Å²) in [5.41, 5.74) is 0.970. The Morgan fingerprint density at radius 3 is 1.45 bits per heavy atom. The van der Waals surface area contributed by atoms with Crippen LogP contribution < -0.4 is 0 Å². The molecule has 4 aliphatic carbocycles. The minimum atomic E-state index is -4.60. The van der Waals surface area contributed by atoms with Crippen molar-refractivity contribution in [1.82, 2.24) is 0 Å². The average molecular weight is 1110 g/mol. The first-order valence-electron chi connectivity index (χ1n) is 26.2. The van der Waals surface area contributed by atoms with Gasteiger partial charge in [0.05, 0.1) is 52.6 Å². The minimum absolute atomic E-state index is 0.0146. The standard InChI is InChI=1S/C19H17S.C18H15S.C15H21F3NO2.C9H12O7S/c1-16-12-14-19(15-13-16)20(17-8-4-2-5-9-17)18-10-6-3-7-11-18;1-4-10-16(11-5-1)19(17-12-6-2-7-13-17)18-14-8-3-9-15-18;16-15(17,18)9-19-1-2-21-13(20)14-6-10-3-11(7-14)5-12(4-10)8-14;10-6(3-17(11,12)13)16-8-5-1-4-2-14-9(8)7(4)15-5/h2-15H,1H3;1-15H;10-12H,1-9H2;4-5,7-9H,1-3H2,(H,11,12,13)/q2*+1;-1;/p-1. The normalized spacial score (nSPS) is 25.2. The summed E-state index contributed by atoms with van der Waals surface area (Å²) in [6, 6.07) is 62.5. The Kier molecular flexibility index (Phi) is 18.7. The number of ether oxygens (including phenoxy) is 4. The van der Waals surface area contributed by atoms with E-state index in [1.54, 1.807) is 0 Å². The van der Waals surface area contributed by atoms with Crippen molar-refractivity contribution < 1.29 is 54.7 Å². The lowest BCUT2D eigenvalue weighted by atomic mass is 9.49. The quantitative estimate of drug-likeness (QED) is 0.0451. The van der Waals surface area contributed by atoms with Gasteiger partial charge in [-0.3, -0.25) is 9.59 Å². The smallest absolute Gasteiger partial charge is 0.371 e. The number of rotatable bonds is 14. The maximum atomic E-state index is 12.4. The molecule has 0 amide bonds. The van der Waals surface area contributed by atoms with Gasteiger partial charge in [-0.15, -0.1) is 6.54 Å². The highest BCUT2D eigenvalue weighted by Crippen LogP contribution is 2.60. The van der Waals surface area contributed by atoms with Gasteiger partial charge in [0.25, 0.3) is 0 Å². The van der Waals surface area contributed by atoms with Crippen LogP contribution in [0.25, 0.3) is 5.32 Å². The van der Waals surface area contributed by atoms with Gasteiger partial charge in [0.1, 0.15) is 22.0 Å².